The maximum absolute atomic E-state index is 12.4. The van der Waals surface area contributed by atoms with Crippen LogP contribution in [0.3, 0.4) is 0 Å². The molecule has 1 aromatic heterocycles. The number of pyridine rings is 1. The number of nitrogens with zero attached hydrogens (tertiary/aromatic N) is 2. The first-order valence-corrected chi connectivity index (χ1v) is 10.4. The van der Waals surface area contributed by atoms with E-state index in [9.17, 15) is 19.8 Å². The maximum Gasteiger partial charge on any atom is 0.234 e. The molecule has 0 radical (unpaired) electrons. The molecule has 2 aliphatic heterocycles. The van der Waals surface area contributed by atoms with Crippen LogP contribution in [0.4, 0.5) is 0 Å². The van der Waals surface area contributed by atoms with E-state index in [1.807, 2.05) is 19.3 Å². The van der Waals surface area contributed by atoms with Crippen molar-refractivity contribution >= 4 is 35.4 Å². The molecule has 0 spiro atoms. The zero-order valence-electron chi connectivity index (χ0n) is 14.5. The molecule has 1 N–H and O–H groups in total. The molecule has 1 aliphatic carbocycles. The van der Waals surface area contributed by atoms with E-state index < -0.39 is 12.1 Å². The molecule has 138 valence electrons. The summed E-state index contributed by atoms with van der Waals surface area (Å²) in [6, 6.07) is 4.13. The summed E-state index contributed by atoms with van der Waals surface area (Å²) in [5.74, 6) is -1.86. The highest BCUT2D eigenvalue weighted by molar-refractivity contribution is 8.22. The lowest BCUT2D eigenvalue weighted by Gasteiger charge is -2.43. The van der Waals surface area contributed by atoms with Crippen LogP contribution in [0, 0.1) is 5.92 Å². The van der Waals surface area contributed by atoms with Crippen LogP contribution >= 0.6 is 23.5 Å². The van der Waals surface area contributed by atoms with Gasteiger partial charge in [0.2, 0.25) is 5.91 Å². The number of carbonyl (C=O) groups is 2. The van der Waals surface area contributed by atoms with E-state index in [2.05, 4.69) is 10.6 Å². The van der Waals surface area contributed by atoms with Gasteiger partial charge in [0.1, 0.15) is 7.05 Å². The van der Waals surface area contributed by atoms with Gasteiger partial charge in [-0.15, -0.1) is 11.8 Å². The third kappa shape index (κ3) is 2.75. The molecule has 3 aliphatic rings. The molecular weight excluding hydrogens is 372 g/mol. The topological polar surface area (TPSA) is 84.5 Å². The Labute approximate surface area is 160 Å². The third-order valence-electron chi connectivity index (χ3n) is 5.15. The minimum atomic E-state index is -1.30. The first-order chi connectivity index (χ1) is 12.4. The van der Waals surface area contributed by atoms with E-state index in [-0.39, 0.29) is 28.1 Å². The summed E-state index contributed by atoms with van der Waals surface area (Å²) in [6.07, 6.45) is 3.68. The fourth-order valence-corrected chi connectivity index (χ4v) is 7.31. The van der Waals surface area contributed by atoms with Gasteiger partial charge in [0.25, 0.3) is 0 Å². The summed E-state index contributed by atoms with van der Waals surface area (Å²) in [7, 11) is 2.00. The molecule has 4 rings (SSSR count). The number of carbonyl (C=O) groups excluding carboxylic acids is 2. The van der Waals surface area contributed by atoms with Crippen molar-refractivity contribution < 1.29 is 24.4 Å². The van der Waals surface area contributed by atoms with Crippen LogP contribution in [-0.2, 0) is 23.1 Å². The number of aromatic nitrogens is 1. The Balaban J connectivity index is 1.60. The van der Waals surface area contributed by atoms with Gasteiger partial charge in [0, 0.05) is 11.6 Å². The number of amides is 1. The summed E-state index contributed by atoms with van der Waals surface area (Å²) in [5.41, 5.74) is 2.51. The van der Waals surface area contributed by atoms with Crippen molar-refractivity contribution in [2.24, 2.45) is 13.0 Å². The van der Waals surface area contributed by atoms with Crippen LogP contribution < -0.4 is 9.67 Å². The number of fused-ring (bicyclic) bond motifs is 2. The number of aliphatic hydroxyl groups is 1. The van der Waals surface area contributed by atoms with Crippen LogP contribution in [0.2, 0.25) is 0 Å². The first kappa shape index (κ1) is 17.9. The normalized spacial score (nSPS) is 28.0. The summed E-state index contributed by atoms with van der Waals surface area (Å²) in [6.45, 7) is 1.65. The van der Waals surface area contributed by atoms with E-state index in [4.69, 9.17) is 0 Å². The van der Waals surface area contributed by atoms with Gasteiger partial charge in [-0.25, -0.2) is 4.57 Å². The van der Waals surface area contributed by atoms with Gasteiger partial charge in [-0.3, -0.25) is 9.69 Å². The molecule has 6 nitrogen and oxygen atoms in total. The van der Waals surface area contributed by atoms with Crippen LogP contribution in [0.1, 0.15) is 36.3 Å². The second-order valence-corrected chi connectivity index (χ2v) is 9.60. The second-order valence-electron chi connectivity index (χ2n) is 7.01. The molecule has 1 saturated heterocycles. The first-order valence-electron chi connectivity index (χ1n) is 8.66. The Bertz CT molecular complexity index is 823. The Morgan fingerprint density at radius 2 is 2.35 bits per heavy atom. The number of rotatable bonds is 5. The van der Waals surface area contributed by atoms with Crippen LogP contribution in [0.5, 0.6) is 0 Å². The number of aliphatic carboxylic acids is 1. The van der Waals surface area contributed by atoms with E-state index >= 15 is 0 Å². The van der Waals surface area contributed by atoms with Gasteiger partial charge in [-0.2, -0.15) is 0 Å². The van der Waals surface area contributed by atoms with Crippen molar-refractivity contribution in [3.05, 3.63) is 39.5 Å². The highest BCUT2D eigenvalue weighted by Crippen LogP contribution is 2.57. The van der Waals surface area contributed by atoms with E-state index in [1.165, 1.54) is 39.7 Å². The Hall–Kier alpha value is -1.51. The molecular formula is C18H20N2O4S2. The van der Waals surface area contributed by atoms with Crippen LogP contribution in [0.15, 0.2) is 28.3 Å². The number of hydrogen-bond donors (Lipinski definition) is 1. The lowest BCUT2D eigenvalue weighted by molar-refractivity contribution is -0.679. The smallest absolute Gasteiger partial charge is 0.234 e. The summed E-state index contributed by atoms with van der Waals surface area (Å²) in [5, 5.41) is 21.3. The fraction of sp³-hybridized carbons (Fsp3) is 0.500. The van der Waals surface area contributed by atoms with Gasteiger partial charge >= 0.3 is 0 Å². The predicted molar refractivity (Wildman–Crippen MR) is 96.3 cm³/mol. The molecule has 1 fully saturated rings. The van der Waals surface area contributed by atoms with Crippen molar-refractivity contribution in [2.45, 2.75) is 42.9 Å². The summed E-state index contributed by atoms with van der Waals surface area (Å²) in [4.78, 5) is 25.5. The molecule has 8 heteroatoms. The van der Waals surface area contributed by atoms with E-state index in [1.54, 1.807) is 6.92 Å². The van der Waals surface area contributed by atoms with Crippen molar-refractivity contribution in [1.29, 1.82) is 0 Å². The summed E-state index contributed by atoms with van der Waals surface area (Å²) < 4.78 is 2.74. The van der Waals surface area contributed by atoms with Crippen LogP contribution in [0.25, 0.3) is 0 Å². The largest absolute Gasteiger partial charge is 0.543 e. The summed E-state index contributed by atoms with van der Waals surface area (Å²) >= 11 is 2.95. The Morgan fingerprint density at radius 1 is 1.58 bits per heavy atom. The maximum atomic E-state index is 12.4. The zero-order chi connectivity index (χ0) is 18.6. The van der Waals surface area contributed by atoms with Gasteiger partial charge < -0.3 is 15.0 Å². The van der Waals surface area contributed by atoms with E-state index in [0.717, 1.165) is 12.8 Å². The second kappa shape index (κ2) is 6.58. The van der Waals surface area contributed by atoms with Gasteiger partial charge in [0.15, 0.2) is 11.9 Å². The van der Waals surface area contributed by atoms with Gasteiger partial charge in [0.05, 0.1) is 38.5 Å². The zero-order valence-corrected chi connectivity index (χ0v) is 16.2. The molecule has 26 heavy (non-hydrogen) atoms. The number of hydrogen-bond acceptors (Lipinski definition) is 6. The number of β-lactam (4-membered cyclic amide) rings is 1. The minimum absolute atomic E-state index is 0.00359. The van der Waals surface area contributed by atoms with Crippen molar-refractivity contribution in [3.63, 3.8) is 0 Å². The molecule has 1 aromatic rings. The molecule has 4 atom stereocenters. The standard InChI is InChI=1S/C18H20N2O4S2/c1-9(21)8-11-15(22)20-14(17(23)24)18(26-16(11)20)25-12-6-5-10-4-3-7-19(2)13(10)12/h3-4,7,9,11-12,16,21H,5-6,8H2,1-2H3/t9-,11+,12?,16+/m0/s1. The number of aliphatic hydroxyl groups excluding tert-OH is 1. The lowest BCUT2D eigenvalue weighted by atomic mass is 9.91. The van der Waals surface area contributed by atoms with Crippen molar-refractivity contribution in [3.8, 4) is 0 Å². The highest BCUT2D eigenvalue weighted by atomic mass is 32.2. The molecule has 0 bridgehead atoms. The average Bonchev–Trinajstić information content (AvgIpc) is 3.14. The SMILES string of the molecule is C[C@H](O)C[C@@H]1C(=O)N2C(C(=O)[O-])=C(SC3CCc4ccc[n+](C)c43)S[C@H]12. The van der Waals surface area contributed by atoms with Crippen LogP contribution in [-0.4, -0.2) is 33.4 Å². The van der Waals surface area contributed by atoms with Crippen molar-refractivity contribution in [2.75, 3.05) is 0 Å². The van der Waals surface area contributed by atoms with E-state index in [0.29, 0.717) is 10.7 Å². The highest BCUT2D eigenvalue weighted by Gasteiger charge is 2.55. The predicted octanol–water partition coefficient (Wildman–Crippen LogP) is 0.453. The van der Waals surface area contributed by atoms with Crippen molar-refractivity contribution in [1.82, 2.24) is 4.90 Å². The number of thioether (sulfide) groups is 2. The number of carboxylic acids is 1. The third-order valence-corrected chi connectivity index (χ3v) is 8.07. The molecule has 1 unspecified atom stereocenters. The molecule has 1 amide bonds. The quantitative estimate of drug-likeness (QED) is 0.579. The molecule has 0 saturated carbocycles. The number of aryl methyl sites for hydroxylation is 2. The minimum Gasteiger partial charge on any atom is -0.543 e. The molecule has 0 aromatic carbocycles. The average molecular weight is 393 g/mol. The fourth-order valence-electron chi connectivity index (χ4n) is 4.00. The van der Waals surface area contributed by atoms with Gasteiger partial charge in [-0.05, 0) is 32.3 Å². The Kier molecular flexibility index (Phi) is 4.53. The van der Waals surface area contributed by atoms with Gasteiger partial charge in [-0.1, -0.05) is 11.8 Å². The number of carboxylic acid groups (broad SMARTS) is 1. The Morgan fingerprint density at radius 3 is 3.04 bits per heavy atom. The molecule has 3 heterocycles. The monoisotopic (exact) mass is 392 g/mol. The lowest BCUT2D eigenvalue weighted by Crippen LogP contribution is -2.58.